The fourth-order valence-corrected chi connectivity index (χ4v) is 2.38. The number of rotatable bonds is 2. The van der Waals surface area contributed by atoms with Crippen LogP contribution in [0.15, 0.2) is 22.8 Å². The molecule has 0 amide bonds. The molecule has 6 heteroatoms. The monoisotopic (exact) mass is 296 g/mol. The fraction of sp³-hybridized carbons (Fsp3) is 0.455. The second kappa shape index (κ2) is 4.62. The molecule has 3 heterocycles. The van der Waals surface area contributed by atoms with Gasteiger partial charge in [-0.15, -0.1) is 5.10 Å². The first kappa shape index (κ1) is 11.0. The third kappa shape index (κ3) is 2.28. The van der Waals surface area contributed by atoms with E-state index in [0.29, 0.717) is 12.0 Å². The third-order valence-electron chi connectivity index (χ3n) is 2.87. The molecule has 0 bridgehead atoms. The molecule has 5 nitrogen and oxygen atoms in total. The van der Waals surface area contributed by atoms with Crippen LogP contribution < -0.4 is 5.32 Å². The lowest BCUT2D eigenvalue weighted by Crippen LogP contribution is -2.28. The second-order valence-electron chi connectivity index (χ2n) is 4.09. The van der Waals surface area contributed by atoms with Crippen LogP contribution in [0.1, 0.15) is 12.8 Å². The smallest absolute Gasteiger partial charge is 0.243 e. The van der Waals surface area contributed by atoms with Crippen molar-refractivity contribution in [1.82, 2.24) is 14.6 Å². The lowest BCUT2D eigenvalue weighted by molar-refractivity contribution is 0.0903. The van der Waals surface area contributed by atoms with Gasteiger partial charge in [-0.25, -0.2) is 4.52 Å². The summed E-state index contributed by atoms with van der Waals surface area (Å²) in [7, 11) is 0. The molecule has 90 valence electrons. The van der Waals surface area contributed by atoms with E-state index in [4.69, 9.17) is 4.74 Å². The zero-order valence-corrected chi connectivity index (χ0v) is 10.9. The van der Waals surface area contributed by atoms with Crippen molar-refractivity contribution in [3.05, 3.63) is 22.8 Å². The molecule has 0 saturated carbocycles. The molecule has 2 aromatic heterocycles. The van der Waals surface area contributed by atoms with Crippen molar-refractivity contribution in [3.8, 4) is 0 Å². The van der Waals surface area contributed by atoms with Gasteiger partial charge in [0.15, 0.2) is 5.65 Å². The van der Waals surface area contributed by atoms with Crippen LogP contribution in [0.4, 0.5) is 5.95 Å². The number of nitrogens with zero attached hydrogens (tertiary/aromatic N) is 3. The molecule has 0 atom stereocenters. The van der Waals surface area contributed by atoms with E-state index in [2.05, 4.69) is 31.3 Å². The van der Waals surface area contributed by atoms with Crippen molar-refractivity contribution in [2.45, 2.75) is 18.9 Å². The number of hydrogen-bond acceptors (Lipinski definition) is 4. The zero-order chi connectivity index (χ0) is 11.7. The Bertz CT molecular complexity index is 521. The topological polar surface area (TPSA) is 51.5 Å². The van der Waals surface area contributed by atoms with Gasteiger partial charge in [0.2, 0.25) is 5.95 Å². The maximum atomic E-state index is 5.32. The van der Waals surface area contributed by atoms with Gasteiger partial charge in [-0.05, 0) is 40.9 Å². The Morgan fingerprint density at radius 1 is 1.41 bits per heavy atom. The molecule has 1 fully saturated rings. The van der Waals surface area contributed by atoms with Gasteiger partial charge >= 0.3 is 0 Å². The first-order valence-corrected chi connectivity index (χ1v) is 6.47. The Kier molecular flexibility index (Phi) is 2.98. The largest absolute Gasteiger partial charge is 0.381 e. The predicted molar refractivity (Wildman–Crippen MR) is 68.2 cm³/mol. The SMILES string of the molecule is Brc1cccn2nc(NC3CCOCC3)nc12. The maximum Gasteiger partial charge on any atom is 0.243 e. The van der Waals surface area contributed by atoms with Gasteiger partial charge < -0.3 is 10.1 Å². The van der Waals surface area contributed by atoms with Gasteiger partial charge in [-0.1, -0.05) is 0 Å². The number of nitrogens with one attached hydrogen (secondary N) is 1. The van der Waals surface area contributed by atoms with Crippen LogP contribution in [0.25, 0.3) is 5.65 Å². The van der Waals surface area contributed by atoms with E-state index in [9.17, 15) is 0 Å². The summed E-state index contributed by atoms with van der Waals surface area (Å²) < 4.78 is 8.04. The summed E-state index contributed by atoms with van der Waals surface area (Å²) in [6.45, 7) is 1.63. The van der Waals surface area contributed by atoms with E-state index in [-0.39, 0.29) is 0 Å². The van der Waals surface area contributed by atoms with Crippen molar-refractivity contribution < 1.29 is 4.74 Å². The summed E-state index contributed by atoms with van der Waals surface area (Å²) in [5.74, 6) is 0.684. The van der Waals surface area contributed by atoms with Crippen LogP contribution in [-0.4, -0.2) is 33.9 Å². The summed E-state index contributed by atoms with van der Waals surface area (Å²) in [4.78, 5) is 4.46. The minimum absolute atomic E-state index is 0.417. The normalized spacial score (nSPS) is 17.5. The molecule has 1 aliphatic rings. The van der Waals surface area contributed by atoms with E-state index >= 15 is 0 Å². The van der Waals surface area contributed by atoms with E-state index in [0.717, 1.165) is 36.2 Å². The van der Waals surface area contributed by atoms with Gasteiger partial charge in [0.1, 0.15) is 0 Å². The highest BCUT2D eigenvalue weighted by Gasteiger charge is 2.15. The molecule has 3 rings (SSSR count). The molecule has 1 saturated heterocycles. The minimum Gasteiger partial charge on any atom is -0.381 e. The highest BCUT2D eigenvalue weighted by Crippen LogP contribution is 2.18. The minimum atomic E-state index is 0.417. The Morgan fingerprint density at radius 3 is 3.00 bits per heavy atom. The van der Waals surface area contributed by atoms with E-state index in [1.165, 1.54) is 0 Å². The standard InChI is InChI=1S/C11H13BrN4O/c12-9-2-1-5-16-10(9)14-11(15-16)13-8-3-6-17-7-4-8/h1-2,5,8H,3-4,6-7H2,(H,13,15). The van der Waals surface area contributed by atoms with Crippen molar-refractivity contribution in [2.24, 2.45) is 0 Å². The third-order valence-corrected chi connectivity index (χ3v) is 3.49. The van der Waals surface area contributed by atoms with Gasteiger partial charge in [0.25, 0.3) is 0 Å². The summed E-state index contributed by atoms with van der Waals surface area (Å²) in [5.41, 5.74) is 0.835. The second-order valence-corrected chi connectivity index (χ2v) is 4.95. The van der Waals surface area contributed by atoms with Crippen molar-refractivity contribution in [1.29, 1.82) is 0 Å². The fourth-order valence-electron chi connectivity index (χ4n) is 1.96. The summed E-state index contributed by atoms with van der Waals surface area (Å²) in [6, 6.07) is 4.31. The van der Waals surface area contributed by atoms with Crippen molar-refractivity contribution in [2.75, 3.05) is 18.5 Å². The van der Waals surface area contributed by atoms with Crippen LogP contribution in [-0.2, 0) is 4.74 Å². The van der Waals surface area contributed by atoms with Crippen molar-refractivity contribution in [3.63, 3.8) is 0 Å². The average molecular weight is 297 g/mol. The molecular weight excluding hydrogens is 284 g/mol. The molecule has 1 aliphatic heterocycles. The van der Waals surface area contributed by atoms with Crippen LogP contribution in [0.2, 0.25) is 0 Å². The number of halogens is 1. The number of aromatic nitrogens is 3. The molecular formula is C11H13BrN4O. The molecule has 0 aliphatic carbocycles. The van der Waals surface area contributed by atoms with E-state index < -0.39 is 0 Å². The number of fused-ring (bicyclic) bond motifs is 1. The Balaban J connectivity index is 1.83. The molecule has 2 aromatic rings. The zero-order valence-electron chi connectivity index (χ0n) is 9.27. The van der Waals surface area contributed by atoms with Gasteiger partial charge in [-0.3, -0.25) is 0 Å². The first-order chi connectivity index (χ1) is 8.33. The highest BCUT2D eigenvalue weighted by atomic mass is 79.9. The Hall–Kier alpha value is -1.14. The molecule has 0 spiro atoms. The average Bonchev–Trinajstić information content (AvgIpc) is 2.74. The lowest BCUT2D eigenvalue weighted by Gasteiger charge is -2.22. The number of pyridine rings is 1. The van der Waals surface area contributed by atoms with Crippen LogP contribution >= 0.6 is 15.9 Å². The van der Waals surface area contributed by atoms with Gasteiger partial charge in [0.05, 0.1) is 4.47 Å². The van der Waals surface area contributed by atoms with Crippen LogP contribution in [0.5, 0.6) is 0 Å². The van der Waals surface area contributed by atoms with Crippen molar-refractivity contribution >= 4 is 27.5 Å². The maximum absolute atomic E-state index is 5.32. The number of ether oxygens (including phenoxy) is 1. The molecule has 17 heavy (non-hydrogen) atoms. The Morgan fingerprint density at radius 2 is 2.24 bits per heavy atom. The predicted octanol–water partition coefficient (Wildman–Crippen LogP) is 2.08. The van der Waals surface area contributed by atoms with Gasteiger partial charge in [0, 0.05) is 25.5 Å². The summed E-state index contributed by atoms with van der Waals surface area (Å²) in [5, 5.41) is 7.74. The van der Waals surface area contributed by atoms with E-state index in [1.807, 2.05) is 18.3 Å². The van der Waals surface area contributed by atoms with Crippen LogP contribution in [0.3, 0.4) is 0 Å². The van der Waals surface area contributed by atoms with Crippen LogP contribution in [0, 0.1) is 0 Å². The highest BCUT2D eigenvalue weighted by molar-refractivity contribution is 9.10. The Labute approximate surface area is 107 Å². The first-order valence-electron chi connectivity index (χ1n) is 5.68. The molecule has 0 radical (unpaired) electrons. The lowest BCUT2D eigenvalue weighted by atomic mass is 10.1. The van der Waals surface area contributed by atoms with Gasteiger partial charge in [-0.2, -0.15) is 4.98 Å². The van der Waals surface area contributed by atoms with E-state index in [1.54, 1.807) is 4.52 Å². The molecule has 0 aromatic carbocycles. The molecule has 1 N–H and O–H groups in total. The number of hydrogen-bond donors (Lipinski definition) is 1. The summed E-state index contributed by atoms with van der Waals surface area (Å²) in [6.07, 6.45) is 3.91. The quantitative estimate of drug-likeness (QED) is 0.922. The summed E-state index contributed by atoms with van der Waals surface area (Å²) >= 11 is 3.46. The number of anilines is 1. The molecule has 0 unspecified atom stereocenters.